The van der Waals surface area contributed by atoms with Gasteiger partial charge in [-0.25, -0.2) is 9.98 Å². The van der Waals surface area contributed by atoms with Crippen LogP contribution in [0.2, 0.25) is 0 Å². The van der Waals surface area contributed by atoms with Crippen molar-refractivity contribution < 1.29 is 4.42 Å². The Balaban J connectivity index is 1.05. The monoisotopic (exact) mass is 755 g/mol. The highest BCUT2D eigenvalue weighted by atomic mass is 16.3. The first-order valence-corrected chi connectivity index (χ1v) is 20.0. The SMILES string of the molecule is c1ccc(-c2ccc(C3=NC(c4cccc5c(-c6cc(-c7ccccc7)cc7oc8ccccc8c67)cccc45)NC(c4ccc(-c5ccccc5)cc4)=N3)cc2)cc1. The van der Waals surface area contributed by atoms with E-state index in [1.165, 1.54) is 11.1 Å². The number of rotatable bonds is 7. The largest absolute Gasteiger partial charge is 0.456 e. The molecule has 9 aromatic carbocycles. The number of aliphatic imine (C=N–C) groups is 2. The lowest BCUT2D eigenvalue weighted by molar-refractivity contribution is 0.669. The molecule has 11 rings (SSSR count). The molecule has 1 atom stereocenters. The van der Waals surface area contributed by atoms with Gasteiger partial charge in [-0.1, -0.05) is 194 Å². The molecule has 0 radical (unpaired) electrons. The smallest absolute Gasteiger partial charge is 0.159 e. The minimum Gasteiger partial charge on any atom is -0.456 e. The van der Waals surface area contributed by atoms with Crippen LogP contribution in [0.1, 0.15) is 22.9 Å². The van der Waals surface area contributed by atoms with Gasteiger partial charge in [0.05, 0.1) is 0 Å². The number of nitrogens with one attached hydrogen (secondary N) is 1. The van der Waals surface area contributed by atoms with Gasteiger partial charge in [0.15, 0.2) is 5.84 Å². The van der Waals surface area contributed by atoms with Crippen molar-refractivity contribution in [2.45, 2.75) is 6.17 Å². The van der Waals surface area contributed by atoms with Gasteiger partial charge in [-0.3, -0.25) is 0 Å². The number of amidine groups is 2. The van der Waals surface area contributed by atoms with E-state index in [1.807, 2.05) is 18.2 Å². The zero-order valence-corrected chi connectivity index (χ0v) is 32.1. The lowest BCUT2D eigenvalue weighted by atomic mass is 9.90. The second-order valence-corrected chi connectivity index (χ2v) is 15.0. The molecular formula is C55H37N3O. The molecule has 1 aliphatic rings. The summed E-state index contributed by atoms with van der Waals surface area (Å²) in [5, 5.41) is 8.24. The summed E-state index contributed by atoms with van der Waals surface area (Å²) in [6.45, 7) is 0. The van der Waals surface area contributed by atoms with Gasteiger partial charge < -0.3 is 9.73 Å². The number of para-hydroxylation sites is 1. The van der Waals surface area contributed by atoms with Gasteiger partial charge in [-0.15, -0.1) is 0 Å². The van der Waals surface area contributed by atoms with Crippen LogP contribution in [0.15, 0.2) is 227 Å². The molecule has 0 fully saturated rings. The summed E-state index contributed by atoms with van der Waals surface area (Å²) in [5.74, 6) is 1.47. The second kappa shape index (κ2) is 14.6. The van der Waals surface area contributed by atoms with Crippen LogP contribution in [0.4, 0.5) is 0 Å². The summed E-state index contributed by atoms with van der Waals surface area (Å²) < 4.78 is 6.54. The Morgan fingerprint density at radius 2 is 0.898 bits per heavy atom. The second-order valence-electron chi connectivity index (χ2n) is 15.0. The Bertz CT molecular complexity index is 3200. The standard InChI is InChI=1S/C55H37N3O/c1-4-14-36(15-5-1)39-26-30-41(31-27-39)53-56-54(42-32-28-40(29-33-42)37-16-6-2-7-17-37)58-55(57-53)47-24-13-21-44-45(47)22-12-23-46(44)49-34-43(38-18-8-3-9-19-38)35-51-52(49)48-20-10-11-25-50(48)59-51/h1-35,55H,(H,56,57,58). The zero-order chi connectivity index (χ0) is 39.1. The summed E-state index contributed by atoms with van der Waals surface area (Å²) >= 11 is 0. The van der Waals surface area contributed by atoms with E-state index in [0.29, 0.717) is 5.84 Å². The predicted molar refractivity (Wildman–Crippen MR) is 245 cm³/mol. The molecule has 4 nitrogen and oxygen atoms in total. The molecule has 0 spiro atoms. The molecule has 1 unspecified atom stereocenters. The predicted octanol–water partition coefficient (Wildman–Crippen LogP) is 13.9. The first-order valence-electron chi connectivity index (χ1n) is 20.0. The van der Waals surface area contributed by atoms with Crippen LogP contribution in [-0.2, 0) is 0 Å². The number of nitrogens with zero attached hydrogens (tertiary/aromatic N) is 2. The normalized spacial score (nSPS) is 13.9. The number of furan rings is 1. The van der Waals surface area contributed by atoms with E-state index in [9.17, 15) is 0 Å². The van der Waals surface area contributed by atoms with Crippen LogP contribution in [0.3, 0.4) is 0 Å². The molecule has 0 bridgehead atoms. The third-order valence-corrected chi connectivity index (χ3v) is 11.4. The van der Waals surface area contributed by atoms with Crippen molar-refractivity contribution in [2.75, 3.05) is 0 Å². The van der Waals surface area contributed by atoms with Gasteiger partial charge in [0, 0.05) is 27.5 Å². The molecule has 0 amide bonds. The van der Waals surface area contributed by atoms with E-state index in [0.717, 1.165) is 88.6 Å². The lowest BCUT2D eigenvalue weighted by Gasteiger charge is -2.25. The number of fused-ring (bicyclic) bond motifs is 4. The van der Waals surface area contributed by atoms with Crippen molar-refractivity contribution in [3.8, 4) is 44.5 Å². The van der Waals surface area contributed by atoms with Gasteiger partial charge in [-0.05, 0) is 73.5 Å². The Morgan fingerprint density at radius 1 is 0.373 bits per heavy atom. The molecule has 1 aliphatic heterocycles. The Hall–Kier alpha value is -7.82. The van der Waals surface area contributed by atoms with E-state index in [1.54, 1.807) is 0 Å². The minimum absolute atomic E-state index is 0.399. The Morgan fingerprint density at radius 3 is 1.58 bits per heavy atom. The highest BCUT2D eigenvalue weighted by Crippen LogP contribution is 2.43. The van der Waals surface area contributed by atoms with Crippen molar-refractivity contribution in [3.63, 3.8) is 0 Å². The van der Waals surface area contributed by atoms with Gasteiger partial charge in [0.1, 0.15) is 23.2 Å². The maximum atomic E-state index is 6.54. The van der Waals surface area contributed by atoms with Crippen LogP contribution in [0.25, 0.3) is 77.2 Å². The van der Waals surface area contributed by atoms with Crippen LogP contribution >= 0.6 is 0 Å². The van der Waals surface area contributed by atoms with Gasteiger partial charge >= 0.3 is 0 Å². The first-order chi connectivity index (χ1) is 29.2. The summed E-state index contributed by atoms with van der Waals surface area (Å²) in [6, 6.07) is 74.6. The van der Waals surface area contributed by atoms with Crippen LogP contribution in [0.5, 0.6) is 0 Å². The highest BCUT2D eigenvalue weighted by Gasteiger charge is 2.24. The van der Waals surface area contributed by atoms with Gasteiger partial charge in [0.25, 0.3) is 0 Å². The maximum Gasteiger partial charge on any atom is 0.159 e. The molecule has 59 heavy (non-hydrogen) atoms. The van der Waals surface area contributed by atoms with Crippen molar-refractivity contribution in [1.82, 2.24) is 5.32 Å². The fraction of sp³-hybridized carbons (Fsp3) is 0.0182. The summed E-state index contributed by atoms with van der Waals surface area (Å²) in [7, 11) is 0. The topological polar surface area (TPSA) is 49.9 Å². The maximum absolute atomic E-state index is 6.54. The lowest BCUT2D eigenvalue weighted by Crippen LogP contribution is -2.33. The van der Waals surface area contributed by atoms with E-state index >= 15 is 0 Å². The van der Waals surface area contributed by atoms with Crippen LogP contribution < -0.4 is 5.32 Å². The molecule has 0 aliphatic carbocycles. The first kappa shape index (κ1) is 34.4. The molecule has 0 saturated carbocycles. The molecule has 10 aromatic rings. The van der Waals surface area contributed by atoms with Gasteiger partial charge in [-0.2, -0.15) is 0 Å². The van der Waals surface area contributed by atoms with E-state index in [-0.39, 0.29) is 0 Å². The summed E-state index contributed by atoms with van der Waals surface area (Å²) in [6.07, 6.45) is -0.399. The molecule has 1 aromatic heterocycles. The van der Waals surface area contributed by atoms with Crippen molar-refractivity contribution in [3.05, 3.63) is 229 Å². The Kier molecular flexibility index (Phi) is 8.52. The zero-order valence-electron chi connectivity index (χ0n) is 32.1. The van der Waals surface area contributed by atoms with Crippen LogP contribution in [-0.4, -0.2) is 11.7 Å². The quantitative estimate of drug-likeness (QED) is 0.176. The summed E-state index contributed by atoms with van der Waals surface area (Å²) in [5.41, 5.74) is 14.0. The number of hydrogen-bond donors (Lipinski definition) is 1. The molecule has 1 N–H and O–H groups in total. The average Bonchev–Trinajstić information content (AvgIpc) is 3.70. The van der Waals surface area contributed by atoms with E-state index in [2.05, 4.69) is 199 Å². The molecule has 278 valence electrons. The molecule has 0 saturated heterocycles. The van der Waals surface area contributed by atoms with Crippen molar-refractivity contribution in [1.29, 1.82) is 0 Å². The van der Waals surface area contributed by atoms with Gasteiger partial charge in [0.2, 0.25) is 0 Å². The fourth-order valence-corrected chi connectivity index (χ4v) is 8.45. The number of hydrogen-bond acceptors (Lipinski definition) is 4. The molecule has 4 heteroatoms. The summed E-state index contributed by atoms with van der Waals surface area (Å²) in [4.78, 5) is 10.5. The minimum atomic E-state index is -0.399. The number of benzene rings is 9. The van der Waals surface area contributed by atoms with Crippen molar-refractivity contribution in [2.24, 2.45) is 9.98 Å². The highest BCUT2D eigenvalue weighted by molar-refractivity contribution is 6.17. The molecular weight excluding hydrogens is 719 g/mol. The van der Waals surface area contributed by atoms with Crippen molar-refractivity contribution >= 4 is 44.4 Å². The van der Waals surface area contributed by atoms with E-state index in [4.69, 9.17) is 14.4 Å². The Labute approximate surface area is 342 Å². The third kappa shape index (κ3) is 6.37. The average molecular weight is 756 g/mol. The van der Waals surface area contributed by atoms with Crippen LogP contribution in [0, 0.1) is 0 Å². The van der Waals surface area contributed by atoms with E-state index < -0.39 is 6.17 Å². The third-order valence-electron chi connectivity index (χ3n) is 11.4. The molecule has 2 heterocycles. The fourth-order valence-electron chi connectivity index (χ4n) is 8.45.